The lowest BCUT2D eigenvalue weighted by Gasteiger charge is -2.32. The number of Topliss-reactive ketones (excluding diaryl/α,β-unsaturated/α-hetero) is 1. The van der Waals surface area contributed by atoms with Crippen LogP contribution in [-0.4, -0.2) is 46.2 Å². The minimum absolute atomic E-state index is 0.207. The number of H-pyrrole nitrogens is 1. The molecule has 1 amide bonds. The van der Waals surface area contributed by atoms with Crippen LogP contribution in [0.2, 0.25) is 5.02 Å². The van der Waals surface area contributed by atoms with Gasteiger partial charge in [-0.15, -0.1) is 0 Å². The molecule has 1 unspecified atom stereocenters. The van der Waals surface area contributed by atoms with E-state index in [9.17, 15) is 14.4 Å². The number of hydrogen-bond acceptors (Lipinski definition) is 4. The summed E-state index contributed by atoms with van der Waals surface area (Å²) in [5, 5.41) is 0.534. The lowest BCUT2D eigenvalue weighted by atomic mass is 9.98. The monoisotopic (exact) mass is 418 g/mol. The van der Waals surface area contributed by atoms with Crippen molar-refractivity contribution >= 4 is 29.3 Å². The fourth-order valence-electron chi connectivity index (χ4n) is 3.46. The van der Waals surface area contributed by atoms with Crippen molar-refractivity contribution < 1.29 is 19.1 Å². The molecule has 29 heavy (non-hydrogen) atoms. The molecular formula is C22H27ClN2O4. The van der Waals surface area contributed by atoms with Crippen LogP contribution in [0.4, 0.5) is 0 Å². The van der Waals surface area contributed by atoms with Crippen LogP contribution in [0.3, 0.4) is 0 Å². The predicted molar refractivity (Wildman–Crippen MR) is 113 cm³/mol. The molecule has 1 atom stereocenters. The van der Waals surface area contributed by atoms with E-state index in [-0.39, 0.29) is 30.0 Å². The van der Waals surface area contributed by atoms with Gasteiger partial charge in [0.1, 0.15) is 5.69 Å². The van der Waals surface area contributed by atoms with E-state index in [2.05, 4.69) is 4.98 Å². The third kappa shape index (κ3) is 4.70. The lowest BCUT2D eigenvalue weighted by molar-refractivity contribution is 0.0518. The molecule has 6 nitrogen and oxygen atoms in total. The minimum Gasteiger partial charge on any atom is -0.461 e. The number of halogens is 1. The van der Waals surface area contributed by atoms with Crippen molar-refractivity contribution in [2.24, 2.45) is 0 Å². The summed E-state index contributed by atoms with van der Waals surface area (Å²) in [6, 6.07) is 5.64. The van der Waals surface area contributed by atoms with Gasteiger partial charge in [0.2, 0.25) is 0 Å². The van der Waals surface area contributed by atoms with E-state index in [1.807, 2.05) is 13.8 Å². The van der Waals surface area contributed by atoms with E-state index >= 15 is 0 Å². The van der Waals surface area contributed by atoms with Crippen molar-refractivity contribution in [2.75, 3.05) is 6.61 Å². The Morgan fingerprint density at radius 2 is 1.69 bits per heavy atom. The van der Waals surface area contributed by atoms with Gasteiger partial charge in [0.05, 0.1) is 12.6 Å². The summed E-state index contributed by atoms with van der Waals surface area (Å²) in [5.41, 5.74) is 2.23. The largest absolute Gasteiger partial charge is 0.461 e. The van der Waals surface area contributed by atoms with Gasteiger partial charge in [-0.25, -0.2) is 4.79 Å². The molecule has 1 aromatic heterocycles. The first kappa shape index (κ1) is 22.7. The second kappa shape index (κ2) is 9.27. The number of nitrogens with one attached hydrogen (secondary N) is 1. The third-order valence-electron chi connectivity index (χ3n) is 4.84. The van der Waals surface area contributed by atoms with Gasteiger partial charge in [-0.3, -0.25) is 9.59 Å². The summed E-state index contributed by atoms with van der Waals surface area (Å²) in [5.74, 6) is -0.991. The number of benzene rings is 1. The van der Waals surface area contributed by atoms with Crippen molar-refractivity contribution in [3.63, 3.8) is 0 Å². The summed E-state index contributed by atoms with van der Waals surface area (Å²) in [4.78, 5) is 43.1. The highest BCUT2D eigenvalue weighted by atomic mass is 35.5. The number of nitrogens with zero attached hydrogens (tertiary/aromatic N) is 1. The number of aromatic amines is 1. The molecule has 0 fully saturated rings. The summed E-state index contributed by atoms with van der Waals surface area (Å²) in [7, 11) is 0. The Hall–Kier alpha value is -2.60. The Morgan fingerprint density at radius 1 is 1.10 bits per heavy atom. The van der Waals surface area contributed by atoms with E-state index < -0.39 is 12.0 Å². The normalized spacial score (nSPS) is 12.0. The Labute approximate surface area is 176 Å². The fraction of sp³-hybridized carbons (Fsp3) is 0.409. The zero-order valence-electron chi connectivity index (χ0n) is 17.6. The van der Waals surface area contributed by atoms with Gasteiger partial charge in [-0.05, 0) is 71.4 Å². The van der Waals surface area contributed by atoms with Crippen molar-refractivity contribution in [3.8, 4) is 0 Å². The molecule has 2 rings (SSSR count). The molecule has 0 bridgehead atoms. The smallest absolute Gasteiger partial charge is 0.355 e. The SMILES string of the molecule is CCOC(=O)c1[nH]c(C)c(C(=O)C(C)N(C(=O)c2ccc(Cl)cc2)C(C)C)c1C. The number of aryl methyl sites for hydroxylation is 1. The lowest BCUT2D eigenvalue weighted by Crippen LogP contribution is -2.47. The van der Waals surface area contributed by atoms with E-state index in [1.54, 1.807) is 56.9 Å². The van der Waals surface area contributed by atoms with Gasteiger partial charge < -0.3 is 14.6 Å². The summed E-state index contributed by atoms with van der Waals surface area (Å²) >= 11 is 5.92. The Kier molecular flexibility index (Phi) is 7.25. The maximum Gasteiger partial charge on any atom is 0.355 e. The van der Waals surface area contributed by atoms with Gasteiger partial charge in [0.15, 0.2) is 5.78 Å². The molecule has 1 N–H and O–H groups in total. The highest BCUT2D eigenvalue weighted by Crippen LogP contribution is 2.24. The van der Waals surface area contributed by atoms with Crippen LogP contribution in [0.15, 0.2) is 24.3 Å². The molecule has 0 spiro atoms. The molecule has 0 saturated heterocycles. The molecule has 2 aromatic rings. The average Bonchev–Trinajstić information content (AvgIpc) is 2.96. The molecule has 0 aliphatic rings. The summed E-state index contributed by atoms with van der Waals surface area (Å²) in [6.07, 6.45) is 0. The molecule has 156 valence electrons. The van der Waals surface area contributed by atoms with Gasteiger partial charge in [-0.1, -0.05) is 11.6 Å². The number of carbonyl (C=O) groups is 3. The molecule has 0 saturated carbocycles. The van der Waals surface area contributed by atoms with Crippen LogP contribution in [0.5, 0.6) is 0 Å². The van der Waals surface area contributed by atoms with Crippen LogP contribution >= 0.6 is 11.6 Å². The Bertz CT molecular complexity index is 916. The number of amides is 1. The maximum absolute atomic E-state index is 13.3. The first-order chi connectivity index (χ1) is 13.6. The number of esters is 1. The first-order valence-corrected chi connectivity index (χ1v) is 9.96. The molecule has 1 aromatic carbocycles. The number of rotatable bonds is 7. The van der Waals surface area contributed by atoms with E-state index in [0.717, 1.165) is 0 Å². The average molecular weight is 419 g/mol. The molecule has 0 aliphatic heterocycles. The highest BCUT2D eigenvalue weighted by molar-refractivity contribution is 6.30. The minimum atomic E-state index is -0.721. The number of aromatic nitrogens is 1. The maximum atomic E-state index is 13.3. The third-order valence-corrected chi connectivity index (χ3v) is 5.09. The molecule has 0 aliphatic carbocycles. The Morgan fingerprint density at radius 3 is 2.21 bits per heavy atom. The van der Waals surface area contributed by atoms with E-state index in [0.29, 0.717) is 27.4 Å². The van der Waals surface area contributed by atoms with Gasteiger partial charge in [0, 0.05) is 27.9 Å². The van der Waals surface area contributed by atoms with Crippen molar-refractivity contribution in [2.45, 2.75) is 53.6 Å². The number of hydrogen-bond donors (Lipinski definition) is 1. The van der Waals surface area contributed by atoms with Gasteiger partial charge in [-0.2, -0.15) is 0 Å². The first-order valence-electron chi connectivity index (χ1n) is 9.58. The number of ether oxygens (including phenoxy) is 1. The molecule has 0 radical (unpaired) electrons. The zero-order valence-corrected chi connectivity index (χ0v) is 18.4. The quantitative estimate of drug-likeness (QED) is 0.527. The van der Waals surface area contributed by atoms with Crippen LogP contribution in [0.1, 0.15) is 70.2 Å². The standard InChI is InChI=1S/C22H27ClN2O4/c1-7-29-22(28)19-13(4)18(14(5)24-19)20(26)15(6)25(12(2)3)21(27)16-8-10-17(23)11-9-16/h8-12,15,24H,7H2,1-6H3. The number of ketones is 1. The number of carbonyl (C=O) groups excluding carboxylic acids is 3. The van der Waals surface area contributed by atoms with Crippen LogP contribution in [-0.2, 0) is 4.74 Å². The molecular weight excluding hydrogens is 392 g/mol. The fourth-order valence-corrected chi connectivity index (χ4v) is 3.59. The van der Waals surface area contributed by atoms with Crippen LogP contribution in [0.25, 0.3) is 0 Å². The highest BCUT2D eigenvalue weighted by Gasteiger charge is 2.33. The summed E-state index contributed by atoms with van der Waals surface area (Å²) < 4.78 is 5.05. The van der Waals surface area contributed by atoms with Crippen molar-refractivity contribution in [3.05, 3.63) is 57.4 Å². The van der Waals surface area contributed by atoms with E-state index in [4.69, 9.17) is 16.3 Å². The molecule has 1 heterocycles. The second-order valence-corrected chi connectivity index (χ2v) is 7.64. The van der Waals surface area contributed by atoms with Crippen LogP contribution < -0.4 is 0 Å². The van der Waals surface area contributed by atoms with Gasteiger partial charge in [0.25, 0.3) is 5.91 Å². The van der Waals surface area contributed by atoms with E-state index in [1.165, 1.54) is 0 Å². The van der Waals surface area contributed by atoms with Crippen LogP contribution in [0, 0.1) is 13.8 Å². The van der Waals surface area contributed by atoms with Crippen molar-refractivity contribution in [1.29, 1.82) is 0 Å². The second-order valence-electron chi connectivity index (χ2n) is 7.20. The zero-order chi connectivity index (χ0) is 21.9. The van der Waals surface area contributed by atoms with Gasteiger partial charge >= 0.3 is 5.97 Å². The summed E-state index contributed by atoms with van der Waals surface area (Å²) in [6.45, 7) is 10.8. The predicted octanol–water partition coefficient (Wildman–Crippen LogP) is 4.58. The van der Waals surface area contributed by atoms with Crippen molar-refractivity contribution in [1.82, 2.24) is 9.88 Å². The Balaban J connectivity index is 2.39. The topological polar surface area (TPSA) is 79.5 Å². The molecule has 7 heteroatoms.